The number of sulfone groups is 1. The number of fused-ring (bicyclic) bond motifs is 1. The number of hydrogen-bond donors (Lipinski definition) is 1. The molecule has 1 aliphatic rings. The van der Waals surface area contributed by atoms with Crippen molar-refractivity contribution >= 4 is 50.5 Å². The molecule has 0 fully saturated rings. The fourth-order valence-corrected chi connectivity index (χ4v) is 6.03. The molecule has 7 nitrogen and oxygen atoms in total. The summed E-state index contributed by atoms with van der Waals surface area (Å²) in [5.74, 6) is -0.715. The number of rotatable bonds is 7. The number of nitrogens with zero attached hydrogens (tertiary/aromatic N) is 1. The number of carbonyl (C=O) groups excluding carboxylic acids is 2. The summed E-state index contributed by atoms with van der Waals surface area (Å²) in [6.07, 6.45) is 0.805. The second-order valence-electron chi connectivity index (χ2n) is 8.48. The SMILES string of the molecule is COC(=O)c1c(NC(=O)Cc2ccc(S(=O)(=O)C(C)C)cc2)sc2c1CCN(C(C)C)C2.Cl. The van der Waals surface area contributed by atoms with Crippen molar-refractivity contribution < 1.29 is 22.7 Å². The summed E-state index contributed by atoms with van der Waals surface area (Å²) in [4.78, 5) is 28.9. The molecule has 182 valence electrons. The second kappa shape index (κ2) is 11.0. The minimum absolute atomic E-state index is 0. The third-order valence-corrected chi connectivity index (χ3v) is 9.00. The number of methoxy groups -OCH3 is 1. The first kappa shape index (κ1) is 27.3. The number of carbonyl (C=O) groups is 2. The monoisotopic (exact) mass is 514 g/mol. The highest BCUT2D eigenvalue weighted by Crippen LogP contribution is 2.38. The molecular weight excluding hydrogens is 484 g/mol. The van der Waals surface area contributed by atoms with Crippen molar-refractivity contribution in [2.24, 2.45) is 0 Å². The standard InChI is InChI=1S/C23H30N2O5S2.ClH/c1-14(2)25-11-10-18-19(13-25)31-22(21(18)23(27)30-5)24-20(26)12-16-6-8-17(9-7-16)32(28,29)15(3)4;/h6-9,14-15H,10-13H2,1-5H3,(H,24,26);1H. The van der Waals surface area contributed by atoms with Gasteiger partial charge in [0.1, 0.15) is 5.00 Å². The van der Waals surface area contributed by atoms with Gasteiger partial charge < -0.3 is 10.1 Å². The van der Waals surface area contributed by atoms with E-state index in [1.54, 1.807) is 26.0 Å². The Labute approximate surface area is 205 Å². The Balaban J connectivity index is 0.00000385. The lowest BCUT2D eigenvalue weighted by Crippen LogP contribution is -2.35. The molecule has 1 N–H and O–H groups in total. The number of hydrogen-bond acceptors (Lipinski definition) is 7. The summed E-state index contributed by atoms with van der Waals surface area (Å²) < 4.78 is 29.5. The first-order valence-corrected chi connectivity index (χ1v) is 13.0. The minimum Gasteiger partial charge on any atom is -0.465 e. The van der Waals surface area contributed by atoms with Gasteiger partial charge in [0, 0.05) is 24.0 Å². The molecule has 2 heterocycles. The molecule has 1 aliphatic heterocycles. The van der Waals surface area contributed by atoms with E-state index in [-0.39, 0.29) is 29.6 Å². The van der Waals surface area contributed by atoms with E-state index < -0.39 is 21.1 Å². The van der Waals surface area contributed by atoms with E-state index in [2.05, 4.69) is 24.1 Å². The summed E-state index contributed by atoms with van der Waals surface area (Å²) in [5, 5.41) is 2.88. The van der Waals surface area contributed by atoms with Gasteiger partial charge in [0.15, 0.2) is 9.84 Å². The summed E-state index contributed by atoms with van der Waals surface area (Å²) in [7, 11) is -2.01. The van der Waals surface area contributed by atoms with Crippen LogP contribution >= 0.6 is 23.7 Å². The second-order valence-corrected chi connectivity index (χ2v) is 12.1. The molecule has 0 aliphatic carbocycles. The number of thiophene rings is 1. The van der Waals surface area contributed by atoms with Gasteiger partial charge in [0.2, 0.25) is 5.91 Å². The van der Waals surface area contributed by atoms with Crippen molar-refractivity contribution in [1.29, 1.82) is 0 Å². The highest BCUT2D eigenvalue weighted by atomic mass is 35.5. The number of anilines is 1. The third-order valence-electron chi connectivity index (χ3n) is 5.70. The van der Waals surface area contributed by atoms with Gasteiger partial charge >= 0.3 is 5.97 Å². The van der Waals surface area contributed by atoms with E-state index in [1.165, 1.54) is 30.6 Å². The van der Waals surface area contributed by atoms with Crippen LogP contribution < -0.4 is 5.32 Å². The van der Waals surface area contributed by atoms with Gasteiger partial charge in [0.25, 0.3) is 0 Å². The van der Waals surface area contributed by atoms with Crippen LogP contribution in [0.3, 0.4) is 0 Å². The number of benzene rings is 1. The summed E-state index contributed by atoms with van der Waals surface area (Å²) in [5.41, 5.74) is 2.09. The van der Waals surface area contributed by atoms with Gasteiger partial charge in [-0.25, -0.2) is 13.2 Å². The maximum absolute atomic E-state index is 12.7. The molecule has 3 rings (SSSR count). The van der Waals surface area contributed by atoms with Gasteiger partial charge in [-0.2, -0.15) is 0 Å². The predicted molar refractivity (Wildman–Crippen MR) is 133 cm³/mol. The number of ether oxygens (including phenoxy) is 1. The maximum atomic E-state index is 12.7. The first-order valence-electron chi connectivity index (χ1n) is 10.6. The molecule has 1 aromatic carbocycles. The Hall–Kier alpha value is -1.94. The van der Waals surface area contributed by atoms with E-state index in [4.69, 9.17) is 4.74 Å². The number of amides is 1. The Kier molecular flexibility index (Phi) is 9.09. The quantitative estimate of drug-likeness (QED) is 0.559. The number of halogens is 1. The van der Waals surface area contributed by atoms with Crippen molar-refractivity contribution in [3.05, 3.63) is 45.8 Å². The molecule has 0 bridgehead atoms. The average Bonchev–Trinajstić information content (AvgIpc) is 3.10. The fourth-order valence-electron chi connectivity index (χ4n) is 3.70. The third kappa shape index (κ3) is 5.95. The van der Waals surface area contributed by atoms with Crippen LogP contribution in [0.2, 0.25) is 0 Å². The van der Waals surface area contributed by atoms with Gasteiger partial charge in [-0.1, -0.05) is 12.1 Å². The van der Waals surface area contributed by atoms with Crippen molar-refractivity contribution in [1.82, 2.24) is 4.90 Å². The molecule has 33 heavy (non-hydrogen) atoms. The van der Waals surface area contributed by atoms with Crippen molar-refractivity contribution in [2.45, 2.75) is 63.3 Å². The predicted octanol–water partition coefficient (Wildman–Crippen LogP) is 4.09. The Morgan fingerprint density at radius 2 is 1.79 bits per heavy atom. The molecule has 1 aromatic heterocycles. The molecule has 0 spiro atoms. The normalized spacial score (nSPS) is 14.0. The zero-order valence-corrected chi connectivity index (χ0v) is 22.0. The first-order chi connectivity index (χ1) is 15.0. The van der Waals surface area contributed by atoms with Crippen LogP contribution in [0.5, 0.6) is 0 Å². The maximum Gasteiger partial charge on any atom is 0.341 e. The molecule has 0 saturated carbocycles. The Morgan fingerprint density at radius 1 is 1.15 bits per heavy atom. The molecule has 0 unspecified atom stereocenters. The minimum atomic E-state index is -3.36. The molecule has 0 atom stereocenters. The lowest BCUT2D eigenvalue weighted by molar-refractivity contribution is -0.115. The van der Waals surface area contributed by atoms with E-state index in [0.29, 0.717) is 22.2 Å². The Morgan fingerprint density at radius 3 is 2.33 bits per heavy atom. The van der Waals surface area contributed by atoms with E-state index in [0.717, 1.165) is 30.0 Å². The highest BCUT2D eigenvalue weighted by molar-refractivity contribution is 7.92. The van der Waals surface area contributed by atoms with Gasteiger partial charge in [-0.3, -0.25) is 9.69 Å². The van der Waals surface area contributed by atoms with Crippen LogP contribution in [0.1, 0.15) is 54.1 Å². The lowest BCUT2D eigenvalue weighted by Gasteiger charge is -2.30. The lowest BCUT2D eigenvalue weighted by atomic mass is 10.0. The van der Waals surface area contributed by atoms with E-state index >= 15 is 0 Å². The van der Waals surface area contributed by atoms with Crippen molar-refractivity contribution in [3.63, 3.8) is 0 Å². The summed E-state index contributed by atoms with van der Waals surface area (Å²) in [6.45, 7) is 9.14. The zero-order valence-electron chi connectivity index (χ0n) is 19.5. The van der Waals surface area contributed by atoms with Crippen molar-refractivity contribution in [2.75, 3.05) is 19.0 Å². The number of esters is 1. The molecule has 10 heteroatoms. The van der Waals surface area contributed by atoms with Crippen LogP contribution in [0.4, 0.5) is 5.00 Å². The zero-order chi connectivity index (χ0) is 23.6. The summed E-state index contributed by atoms with van der Waals surface area (Å²) in [6, 6.07) is 6.75. The molecule has 0 radical (unpaired) electrons. The van der Waals surface area contributed by atoms with Gasteiger partial charge in [-0.15, -0.1) is 23.7 Å². The molecule has 2 aromatic rings. The molecule has 1 amide bonds. The van der Waals surface area contributed by atoms with E-state index in [1.807, 2.05) is 0 Å². The largest absolute Gasteiger partial charge is 0.465 e. The van der Waals surface area contributed by atoms with Crippen LogP contribution in [-0.2, 0) is 38.8 Å². The van der Waals surface area contributed by atoms with Gasteiger partial charge in [-0.05, 0) is 57.4 Å². The Bertz CT molecular complexity index is 1110. The van der Waals surface area contributed by atoms with Crippen LogP contribution in [0, 0.1) is 0 Å². The average molecular weight is 515 g/mol. The number of nitrogens with one attached hydrogen (secondary N) is 1. The molecular formula is C23H31ClN2O5S2. The molecule has 0 saturated heterocycles. The van der Waals surface area contributed by atoms with Crippen LogP contribution in [-0.4, -0.2) is 50.1 Å². The smallest absolute Gasteiger partial charge is 0.341 e. The van der Waals surface area contributed by atoms with Crippen LogP contribution in [0.25, 0.3) is 0 Å². The van der Waals surface area contributed by atoms with Crippen LogP contribution in [0.15, 0.2) is 29.2 Å². The summed E-state index contributed by atoms with van der Waals surface area (Å²) >= 11 is 1.42. The van der Waals surface area contributed by atoms with Gasteiger partial charge in [0.05, 0.1) is 29.2 Å². The highest BCUT2D eigenvalue weighted by Gasteiger charge is 2.30. The topological polar surface area (TPSA) is 92.8 Å². The van der Waals surface area contributed by atoms with E-state index in [9.17, 15) is 18.0 Å². The fraction of sp³-hybridized carbons (Fsp3) is 0.478. The van der Waals surface area contributed by atoms with Crippen molar-refractivity contribution in [3.8, 4) is 0 Å².